The van der Waals surface area contributed by atoms with Gasteiger partial charge in [-0.1, -0.05) is 6.07 Å². The summed E-state index contributed by atoms with van der Waals surface area (Å²) in [5, 5.41) is 2.70. The normalized spacial score (nSPS) is 10.3. The number of thioether (sulfide) groups is 1. The Kier molecular flexibility index (Phi) is 6.00. The zero-order valence-corrected chi connectivity index (χ0v) is 10.6. The van der Waals surface area contributed by atoms with Crippen LogP contribution in [0.1, 0.15) is 12.0 Å². The van der Waals surface area contributed by atoms with Gasteiger partial charge in [0.1, 0.15) is 5.82 Å². The minimum atomic E-state index is -0.346. The molecular formula is C12H17FN2OS. The summed E-state index contributed by atoms with van der Waals surface area (Å²) in [4.78, 5) is 11.6. The molecule has 1 rings (SSSR count). The second kappa shape index (κ2) is 7.29. The first kappa shape index (κ1) is 14.0. The van der Waals surface area contributed by atoms with E-state index in [1.54, 1.807) is 6.07 Å². The Hall–Kier alpha value is -1.07. The van der Waals surface area contributed by atoms with E-state index < -0.39 is 0 Å². The van der Waals surface area contributed by atoms with Crippen LogP contribution < -0.4 is 11.1 Å². The van der Waals surface area contributed by atoms with Gasteiger partial charge in [-0.2, -0.15) is 11.8 Å². The number of hydrogen-bond donors (Lipinski definition) is 2. The molecule has 0 bridgehead atoms. The Bertz CT molecular complexity index is 385. The van der Waals surface area contributed by atoms with E-state index in [-0.39, 0.29) is 11.7 Å². The van der Waals surface area contributed by atoms with Gasteiger partial charge in [0.15, 0.2) is 0 Å². The van der Waals surface area contributed by atoms with E-state index in [1.165, 1.54) is 23.9 Å². The molecule has 0 atom stereocenters. The highest BCUT2D eigenvalue weighted by Crippen LogP contribution is 2.16. The molecule has 0 aliphatic rings. The van der Waals surface area contributed by atoms with Crippen molar-refractivity contribution in [2.45, 2.75) is 13.3 Å². The number of aryl methyl sites for hydroxylation is 1. The highest BCUT2D eigenvalue weighted by Gasteiger charge is 2.05. The zero-order valence-electron chi connectivity index (χ0n) is 9.83. The maximum Gasteiger partial charge on any atom is 0.234 e. The van der Waals surface area contributed by atoms with Gasteiger partial charge in [0.2, 0.25) is 5.91 Å². The van der Waals surface area contributed by atoms with Gasteiger partial charge in [0.05, 0.1) is 5.75 Å². The van der Waals surface area contributed by atoms with Gasteiger partial charge < -0.3 is 11.1 Å². The lowest BCUT2D eigenvalue weighted by molar-refractivity contribution is -0.113. The monoisotopic (exact) mass is 256 g/mol. The van der Waals surface area contributed by atoms with Crippen molar-refractivity contribution in [1.82, 2.24) is 0 Å². The summed E-state index contributed by atoms with van der Waals surface area (Å²) in [6.07, 6.45) is 0.900. The SMILES string of the molecule is Cc1ccc(F)cc1NC(=O)CSCCCN. The predicted molar refractivity (Wildman–Crippen MR) is 70.8 cm³/mol. The predicted octanol–water partition coefficient (Wildman–Crippen LogP) is 2.15. The Morgan fingerprint density at radius 1 is 1.53 bits per heavy atom. The molecule has 5 heteroatoms. The summed E-state index contributed by atoms with van der Waals surface area (Å²) in [5.41, 5.74) is 6.74. The van der Waals surface area contributed by atoms with Crippen LogP contribution in [0.3, 0.4) is 0 Å². The van der Waals surface area contributed by atoms with Gasteiger partial charge in [-0.25, -0.2) is 4.39 Å². The summed E-state index contributed by atoms with van der Waals surface area (Å²) in [6, 6.07) is 4.35. The molecule has 3 N–H and O–H groups in total. The van der Waals surface area contributed by atoms with Crippen molar-refractivity contribution in [1.29, 1.82) is 0 Å². The van der Waals surface area contributed by atoms with Crippen molar-refractivity contribution in [2.75, 3.05) is 23.4 Å². The fraction of sp³-hybridized carbons (Fsp3) is 0.417. The quantitative estimate of drug-likeness (QED) is 0.767. The first-order valence-corrected chi connectivity index (χ1v) is 6.62. The number of nitrogens with two attached hydrogens (primary N) is 1. The standard InChI is InChI=1S/C12H17FN2OS/c1-9-3-4-10(13)7-11(9)15-12(16)8-17-6-2-5-14/h3-4,7H,2,5-6,8,14H2,1H3,(H,15,16). The molecule has 1 aromatic carbocycles. The second-order valence-electron chi connectivity index (χ2n) is 3.70. The number of amides is 1. The van der Waals surface area contributed by atoms with Gasteiger partial charge in [-0.05, 0) is 43.3 Å². The molecule has 17 heavy (non-hydrogen) atoms. The van der Waals surface area contributed by atoms with Crippen LogP contribution in [0.15, 0.2) is 18.2 Å². The van der Waals surface area contributed by atoms with Crippen molar-refractivity contribution in [3.8, 4) is 0 Å². The van der Waals surface area contributed by atoms with Gasteiger partial charge in [-0.15, -0.1) is 0 Å². The maximum atomic E-state index is 13.0. The fourth-order valence-corrected chi connectivity index (χ4v) is 2.04. The molecule has 1 aromatic rings. The van der Waals surface area contributed by atoms with Crippen LogP contribution in [0, 0.1) is 12.7 Å². The van der Waals surface area contributed by atoms with E-state index in [0.717, 1.165) is 17.7 Å². The van der Waals surface area contributed by atoms with Gasteiger partial charge >= 0.3 is 0 Å². The van der Waals surface area contributed by atoms with Crippen molar-refractivity contribution >= 4 is 23.4 Å². The summed E-state index contributed by atoms with van der Waals surface area (Å²) in [5.74, 6) is 0.782. The van der Waals surface area contributed by atoms with Gasteiger partial charge in [0, 0.05) is 5.69 Å². The zero-order chi connectivity index (χ0) is 12.7. The minimum Gasteiger partial charge on any atom is -0.330 e. The average Bonchev–Trinajstić information content (AvgIpc) is 2.29. The molecule has 3 nitrogen and oxygen atoms in total. The first-order valence-electron chi connectivity index (χ1n) is 5.47. The van der Waals surface area contributed by atoms with Crippen LogP contribution in [-0.4, -0.2) is 24.0 Å². The van der Waals surface area contributed by atoms with E-state index in [2.05, 4.69) is 5.32 Å². The van der Waals surface area contributed by atoms with E-state index in [9.17, 15) is 9.18 Å². The largest absolute Gasteiger partial charge is 0.330 e. The molecule has 94 valence electrons. The summed E-state index contributed by atoms with van der Waals surface area (Å²) in [7, 11) is 0. The van der Waals surface area contributed by atoms with Crippen LogP contribution in [0.25, 0.3) is 0 Å². The molecule has 0 saturated carbocycles. The highest BCUT2D eigenvalue weighted by molar-refractivity contribution is 7.99. The van der Waals surface area contributed by atoms with Crippen LogP contribution in [0.4, 0.5) is 10.1 Å². The lowest BCUT2D eigenvalue weighted by atomic mass is 10.2. The first-order chi connectivity index (χ1) is 8.13. The number of hydrogen-bond acceptors (Lipinski definition) is 3. The average molecular weight is 256 g/mol. The number of carbonyl (C=O) groups is 1. The molecule has 0 aliphatic carbocycles. The van der Waals surface area contributed by atoms with Gasteiger partial charge in [-0.3, -0.25) is 4.79 Å². The molecule has 0 aliphatic heterocycles. The minimum absolute atomic E-state index is 0.110. The van der Waals surface area contributed by atoms with Crippen molar-refractivity contribution in [2.24, 2.45) is 5.73 Å². The van der Waals surface area contributed by atoms with Gasteiger partial charge in [0.25, 0.3) is 0 Å². The van der Waals surface area contributed by atoms with E-state index in [1.807, 2.05) is 6.92 Å². The molecular weight excluding hydrogens is 239 g/mol. The van der Waals surface area contributed by atoms with Crippen molar-refractivity contribution < 1.29 is 9.18 Å². The molecule has 0 radical (unpaired) electrons. The molecule has 0 aromatic heterocycles. The Balaban J connectivity index is 2.42. The number of anilines is 1. The Labute approximate surface area is 105 Å². The molecule has 1 amide bonds. The Morgan fingerprint density at radius 2 is 2.29 bits per heavy atom. The lowest BCUT2D eigenvalue weighted by Crippen LogP contribution is -2.15. The molecule has 0 unspecified atom stereocenters. The fourth-order valence-electron chi connectivity index (χ4n) is 1.27. The third-order valence-corrected chi connectivity index (χ3v) is 3.24. The maximum absolute atomic E-state index is 13.0. The topological polar surface area (TPSA) is 55.1 Å². The molecule has 0 saturated heterocycles. The Morgan fingerprint density at radius 3 is 3.00 bits per heavy atom. The van der Waals surface area contributed by atoms with Crippen molar-refractivity contribution in [3.63, 3.8) is 0 Å². The third kappa shape index (κ3) is 5.19. The number of rotatable bonds is 6. The van der Waals surface area contributed by atoms with Crippen molar-refractivity contribution in [3.05, 3.63) is 29.6 Å². The lowest BCUT2D eigenvalue weighted by Gasteiger charge is -2.08. The van der Waals surface area contributed by atoms with E-state index in [4.69, 9.17) is 5.73 Å². The number of carbonyl (C=O) groups excluding carboxylic acids is 1. The van der Waals surface area contributed by atoms with Crippen LogP contribution in [0.2, 0.25) is 0 Å². The van der Waals surface area contributed by atoms with Crippen LogP contribution in [0.5, 0.6) is 0 Å². The highest BCUT2D eigenvalue weighted by atomic mass is 32.2. The third-order valence-electron chi connectivity index (χ3n) is 2.20. The summed E-state index contributed by atoms with van der Waals surface area (Å²) < 4.78 is 13.0. The van der Waals surface area contributed by atoms with Crippen LogP contribution >= 0.6 is 11.8 Å². The van der Waals surface area contributed by atoms with E-state index in [0.29, 0.717) is 18.0 Å². The van der Waals surface area contributed by atoms with Crippen LogP contribution in [-0.2, 0) is 4.79 Å². The number of halogens is 1. The smallest absolute Gasteiger partial charge is 0.234 e. The molecule has 0 fully saturated rings. The number of benzene rings is 1. The summed E-state index contributed by atoms with van der Waals surface area (Å²) in [6.45, 7) is 2.47. The second-order valence-corrected chi connectivity index (χ2v) is 4.81. The molecule has 0 heterocycles. The molecule has 0 spiro atoms. The summed E-state index contributed by atoms with van der Waals surface area (Å²) >= 11 is 1.53. The van der Waals surface area contributed by atoms with E-state index >= 15 is 0 Å². The number of nitrogens with one attached hydrogen (secondary N) is 1.